The molecule has 0 spiro atoms. The molecule has 0 saturated heterocycles. The molecule has 0 saturated carbocycles. The van der Waals surface area contributed by atoms with Crippen LogP contribution >= 0.6 is 0 Å². The second kappa shape index (κ2) is 8.12. The van der Waals surface area contributed by atoms with Gasteiger partial charge in [-0.1, -0.05) is 36.9 Å². The molecular weight excluding hydrogens is 230 g/mol. The first-order valence-electron chi connectivity index (χ1n) is 5.71. The molecular formula is C14H17NO3. The van der Waals surface area contributed by atoms with Crippen molar-refractivity contribution in [3.63, 3.8) is 0 Å². The van der Waals surface area contributed by atoms with Crippen LogP contribution in [0.15, 0.2) is 48.7 Å². The van der Waals surface area contributed by atoms with Crippen molar-refractivity contribution in [3.05, 3.63) is 54.3 Å². The fourth-order valence-electron chi connectivity index (χ4n) is 1.32. The van der Waals surface area contributed by atoms with Gasteiger partial charge in [-0.25, -0.2) is 4.79 Å². The number of aliphatic hydroxyl groups is 1. The molecule has 0 aromatic heterocycles. The summed E-state index contributed by atoms with van der Waals surface area (Å²) in [6.45, 7) is 3.93. The van der Waals surface area contributed by atoms with Gasteiger partial charge in [0.05, 0.1) is 6.10 Å². The summed E-state index contributed by atoms with van der Waals surface area (Å²) in [5.74, 6) is 0. The number of hydrogen-bond donors (Lipinski definition) is 2. The Morgan fingerprint density at radius 3 is 2.89 bits per heavy atom. The van der Waals surface area contributed by atoms with E-state index in [2.05, 4.69) is 17.6 Å². The van der Waals surface area contributed by atoms with E-state index in [0.717, 1.165) is 5.56 Å². The molecule has 1 aromatic rings. The highest BCUT2D eigenvalue weighted by atomic mass is 16.5. The van der Waals surface area contributed by atoms with Crippen molar-refractivity contribution in [1.82, 2.24) is 5.32 Å². The van der Waals surface area contributed by atoms with Crippen molar-refractivity contribution in [2.24, 2.45) is 0 Å². The molecule has 1 unspecified atom stereocenters. The molecule has 1 aromatic carbocycles. The van der Waals surface area contributed by atoms with Crippen LogP contribution in [0, 0.1) is 0 Å². The number of rotatable bonds is 6. The molecule has 0 heterocycles. The van der Waals surface area contributed by atoms with Gasteiger partial charge >= 0.3 is 6.09 Å². The van der Waals surface area contributed by atoms with E-state index in [1.54, 1.807) is 0 Å². The molecule has 0 aliphatic carbocycles. The third-order valence-corrected chi connectivity index (χ3v) is 2.23. The normalized spacial score (nSPS) is 11.2. The van der Waals surface area contributed by atoms with Gasteiger partial charge in [0.2, 0.25) is 0 Å². The summed E-state index contributed by atoms with van der Waals surface area (Å²) in [5, 5.41) is 11.9. The Morgan fingerprint density at radius 1 is 1.50 bits per heavy atom. The minimum atomic E-state index is -0.642. The number of carbonyl (C=O) groups excluding carboxylic acids is 1. The van der Waals surface area contributed by atoms with E-state index in [0.29, 0.717) is 13.0 Å². The summed E-state index contributed by atoms with van der Waals surface area (Å²) in [6.07, 6.45) is 0.713. The molecule has 0 bridgehead atoms. The molecule has 0 radical (unpaired) electrons. The highest BCUT2D eigenvalue weighted by Gasteiger charge is 2.03. The first-order valence-corrected chi connectivity index (χ1v) is 5.71. The number of hydrogen-bond acceptors (Lipinski definition) is 3. The van der Waals surface area contributed by atoms with Gasteiger partial charge in [0.1, 0.15) is 6.61 Å². The maximum absolute atomic E-state index is 11.3. The number of nitrogens with one attached hydrogen (secondary N) is 1. The molecule has 0 aliphatic heterocycles. The zero-order valence-electron chi connectivity index (χ0n) is 10.1. The summed E-state index contributed by atoms with van der Waals surface area (Å²) in [7, 11) is 0. The van der Waals surface area contributed by atoms with Crippen LogP contribution in [0.2, 0.25) is 0 Å². The molecule has 4 nitrogen and oxygen atoms in total. The lowest BCUT2D eigenvalue weighted by molar-refractivity contribution is 0.137. The van der Waals surface area contributed by atoms with Gasteiger partial charge in [-0.05, 0) is 18.1 Å². The van der Waals surface area contributed by atoms with Crippen LogP contribution in [-0.2, 0) is 11.3 Å². The Kier molecular flexibility index (Phi) is 6.33. The van der Waals surface area contributed by atoms with E-state index >= 15 is 0 Å². The standard InChI is InChI=1S/C14H17NO3/c1-2-6-13(16)9-10-15-14(17)18-11-12-7-4-3-5-8-12/h3-8,13,16H,1,9-11H2,(H,15,17). The van der Waals surface area contributed by atoms with Crippen LogP contribution in [0.5, 0.6) is 0 Å². The van der Waals surface area contributed by atoms with E-state index in [1.807, 2.05) is 30.3 Å². The number of ether oxygens (including phenoxy) is 1. The average molecular weight is 247 g/mol. The van der Waals surface area contributed by atoms with Crippen molar-refractivity contribution in [3.8, 4) is 0 Å². The maximum Gasteiger partial charge on any atom is 0.407 e. The minimum absolute atomic E-state index is 0.238. The second-order valence-corrected chi connectivity index (χ2v) is 3.72. The number of carbonyl (C=O) groups is 1. The summed E-state index contributed by atoms with van der Waals surface area (Å²) in [4.78, 5) is 11.3. The van der Waals surface area contributed by atoms with E-state index in [1.165, 1.54) is 6.08 Å². The van der Waals surface area contributed by atoms with Gasteiger partial charge in [0.15, 0.2) is 0 Å². The SMILES string of the molecule is C=C=CC(O)CCNC(=O)OCc1ccccc1. The van der Waals surface area contributed by atoms with Gasteiger partial charge in [-0.3, -0.25) is 0 Å². The maximum atomic E-state index is 11.3. The number of amides is 1. The Morgan fingerprint density at radius 2 is 2.22 bits per heavy atom. The Hall–Kier alpha value is -2.03. The van der Waals surface area contributed by atoms with Gasteiger partial charge < -0.3 is 15.2 Å². The molecule has 2 N–H and O–H groups in total. The van der Waals surface area contributed by atoms with E-state index in [9.17, 15) is 9.90 Å². The quantitative estimate of drug-likeness (QED) is 0.756. The summed E-state index contributed by atoms with van der Waals surface area (Å²) >= 11 is 0. The van der Waals surface area contributed by atoms with Crippen LogP contribution in [0.1, 0.15) is 12.0 Å². The highest BCUT2D eigenvalue weighted by molar-refractivity contribution is 5.67. The third kappa shape index (κ3) is 5.89. The van der Waals surface area contributed by atoms with E-state index < -0.39 is 12.2 Å². The second-order valence-electron chi connectivity index (χ2n) is 3.72. The van der Waals surface area contributed by atoms with Crippen LogP contribution in [-0.4, -0.2) is 23.8 Å². The lowest BCUT2D eigenvalue weighted by atomic mass is 10.2. The predicted octanol–water partition coefficient (Wildman–Crippen LogP) is 2.00. The first kappa shape index (κ1) is 14.0. The van der Waals surface area contributed by atoms with Gasteiger partial charge in [-0.2, -0.15) is 0 Å². The average Bonchev–Trinajstić information content (AvgIpc) is 2.38. The lowest BCUT2D eigenvalue weighted by Gasteiger charge is -2.08. The summed E-state index contributed by atoms with van der Waals surface area (Å²) < 4.78 is 5.00. The summed E-state index contributed by atoms with van der Waals surface area (Å²) in [5.41, 5.74) is 3.42. The van der Waals surface area contributed by atoms with Crippen LogP contribution in [0.3, 0.4) is 0 Å². The minimum Gasteiger partial charge on any atom is -0.445 e. The first-order chi connectivity index (χ1) is 8.72. The van der Waals surface area contributed by atoms with Crippen molar-refractivity contribution < 1.29 is 14.6 Å². The molecule has 1 rings (SSSR count). The lowest BCUT2D eigenvalue weighted by Crippen LogP contribution is -2.27. The Balaban J connectivity index is 2.16. The largest absolute Gasteiger partial charge is 0.445 e. The van der Waals surface area contributed by atoms with Gasteiger partial charge in [-0.15, -0.1) is 5.73 Å². The van der Waals surface area contributed by atoms with Gasteiger partial charge in [0, 0.05) is 6.54 Å². The topological polar surface area (TPSA) is 58.6 Å². The molecule has 4 heteroatoms. The zero-order valence-corrected chi connectivity index (χ0v) is 10.1. The van der Waals surface area contributed by atoms with Crippen molar-refractivity contribution in [2.45, 2.75) is 19.1 Å². The fourth-order valence-corrected chi connectivity index (χ4v) is 1.32. The number of alkyl carbamates (subject to hydrolysis) is 1. The van der Waals surface area contributed by atoms with Crippen LogP contribution in [0.4, 0.5) is 4.79 Å². The molecule has 0 aliphatic rings. The van der Waals surface area contributed by atoms with Crippen molar-refractivity contribution in [2.75, 3.05) is 6.54 Å². The zero-order chi connectivity index (χ0) is 13.2. The van der Waals surface area contributed by atoms with Crippen molar-refractivity contribution in [1.29, 1.82) is 0 Å². The smallest absolute Gasteiger partial charge is 0.407 e. The molecule has 18 heavy (non-hydrogen) atoms. The monoisotopic (exact) mass is 247 g/mol. The molecule has 1 amide bonds. The third-order valence-electron chi connectivity index (χ3n) is 2.23. The van der Waals surface area contributed by atoms with E-state index in [4.69, 9.17) is 4.74 Å². The fraction of sp³-hybridized carbons (Fsp3) is 0.286. The molecule has 96 valence electrons. The Labute approximate surface area is 107 Å². The number of benzene rings is 1. The molecule has 0 fully saturated rings. The summed E-state index contributed by atoms with van der Waals surface area (Å²) in [6, 6.07) is 9.43. The van der Waals surface area contributed by atoms with Gasteiger partial charge in [0.25, 0.3) is 0 Å². The van der Waals surface area contributed by atoms with E-state index in [-0.39, 0.29) is 6.61 Å². The highest BCUT2D eigenvalue weighted by Crippen LogP contribution is 2.00. The predicted molar refractivity (Wildman–Crippen MR) is 69.0 cm³/mol. The molecule has 1 atom stereocenters. The number of aliphatic hydroxyl groups excluding tert-OH is 1. The Bertz CT molecular complexity index is 410. The van der Waals surface area contributed by atoms with Crippen LogP contribution in [0.25, 0.3) is 0 Å². The van der Waals surface area contributed by atoms with Crippen molar-refractivity contribution >= 4 is 6.09 Å². The van der Waals surface area contributed by atoms with Crippen LogP contribution < -0.4 is 5.32 Å².